The van der Waals surface area contributed by atoms with Crippen LogP contribution in [0.4, 0.5) is 11.4 Å². The Morgan fingerprint density at radius 1 is 1.18 bits per heavy atom. The highest BCUT2D eigenvalue weighted by molar-refractivity contribution is 5.73. The molecule has 11 heavy (non-hydrogen) atoms. The van der Waals surface area contributed by atoms with Crippen LogP contribution < -0.4 is 16.2 Å². The van der Waals surface area contributed by atoms with Crippen LogP contribution in [0.15, 0.2) is 12.1 Å². The zero-order valence-corrected chi connectivity index (χ0v) is 6.72. The molecule has 0 aromatic heterocycles. The lowest BCUT2D eigenvalue weighted by Crippen LogP contribution is -1.99. The lowest BCUT2D eigenvalue weighted by Gasteiger charge is -2.08. The van der Waals surface area contributed by atoms with E-state index in [0.717, 1.165) is 5.56 Å². The first-order valence-electron chi connectivity index (χ1n) is 3.35. The molecule has 0 radical (unpaired) electrons. The molecule has 0 saturated carbocycles. The van der Waals surface area contributed by atoms with E-state index in [2.05, 4.69) is 0 Å². The van der Waals surface area contributed by atoms with Gasteiger partial charge in [-0.2, -0.15) is 0 Å². The Kier molecular flexibility index (Phi) is 1.89. The van der Waals surface area contributed by atoms with E-state index in [-0.39, 0.29) is 0 Å². The summed E-state index contributed by atoms with van der Waals surface area (Å²) < 4.78 is 4.98. The van der Waals surface area contributed by atoms with Crippen LogP contribution in [0.3, 0.4) is 0 Å². The van der Waals surface area contributed by atoms with Crippen LogP contribution in [0, 0.1) is 6.92 Å². The number of nitrogen functional groups attached to an aromatic ring is 2. The fourth-order valence-corrected chi connectivity index (χ4v) is 0.903. The molecule has 0 fully saturated rings. The molecule has 3 nitrogen and oxygen atoms in total. The SMILES string of the molecule is COc1ccc(C)c(N)c1N. The van der Waals surface area contributed by atoms with Crippen molar-refractivity contribution in [2.45, 2.75) is 6.92 Å². The van der Waals surface area contributed by atoms with Crippen molar-refractivity contribution in [2.75, 3.05) is 18.6 Å². The summed E-state index contributed by atoms with van der Waals surface area (Å²) in [6, 6.07) is 3.69. The minimum absolute atomic E-state index is 0.521. The van der Waals surface area contributed by atoms with Crippen molar-refractivity contribution in [3.05, 3.63) is 17.7 Å². The highest BCUT2D eigenvalue weighted by Gasteiger charge is 2.03. The van der Waals surface area contributed by atoms with Crippen LogP contribution in [-0.4, -0.2) is 7.11 Å². The Labute approximate surface area is 66.0 Å². The average molecular weight is 152 g/mol. The van der Waals surface area contributed by atoms with Gasteiger partial charge in [0.2, 0.25) is 0 Å². The van der Waals surface area contributed by atoms with Gasteiger partial charge in [0, 0.05) is 0 Å². The topological polar surface area (TPSA) is 61.3 Å². The highest BCUT2D eigenvalue weighted by Crippen LogP contribution is 2.29. The first-order valence-corrected chi connectivity index (χ1v) is 3.35. The number of aryl methyl sites for hydroxylation is 1. The summed E-state index contributed by atoms with van der Waals surface area (Å²) in [5.74, 6) is 0.633. The fraction of sp³-hybridized carbons (Fsp3) is 0.250. The summed E-state index contributed by atoms with van der Waals surface area (Å²) in [6.07, 6.45) is 0. The molecule has 3 heteroatoms. The summed E-state index contributed by atoms with van der Waals surface area (Å²) in [5.41, 5.74) is 13.4. The Hall–Kier alpha value is -1.38. The van der Waals surface area contributed by atoms with Gasteiger partial charge >= 0.3 is 0 Å². The number of ether oxygens (including phenoxy) is 1. The Morgan fingerprint density at radius 2 is 1.82 bits per heavy atom. The van der Waals surface area contributed by atoms with Gasteiger partial charge in [-0.15, -0.1) is 0 Å². The zero-order chi connectivity index (χ0) is 8.43. The van der Waals surface area contributed by atoms with Gasteiger partial charge in [0.05, 0.1) is 18.5 Å². The summed E-state index contributed by atoms with van der Waals surface area (Å²) in [5, 5.41) is 0. The second-order valence-corrected chi connectivity index (χ2v) is 2.41. The summed E-state index contributed by atoms with van der Waals surface area (Å²) in [6.45, 7) is 1.91. The molecular formula is C8H12N2O. The molecule has 0 saturated heterocycles. The molecule has 0 aliphatic carbocycles. The van der Waals surface area contributed by atoms with Crippen LogP contribution in [0.1, 0.15) is 5.56 Å². The van der Waals surface area contributed by atoms with Gasteiger partial charge in [0.15, 0.2) is 0 Å². The molecule has 60 valence electrons. The molecule has 0 aliphatic heterocycles. The predicted molar refractivity (Wildman–Crippen MR) is 46.6 cm³/mol. The highest BCUT2D eigenvalue weighted by atomic mass is 16.5. The largest absolute Gasteiger partial charge is 0.495 e. The van der Waals surface area contributed by atoms with Crippen molar-refractivity contribution in [2.24, 2.45) is 0 Å². The van der Waals surface area contributed by atoms with E-state index in [1.54, 1.807) is 13.2 Å². The van der Waals surface area contributed by atoms with Crippen molar-refractivity contribution in [3.63, 3.8) is 0 Å². The quantitative estimate of drug-likeness (QED) is 0.594. The number of methoxy groups -OCH3 is 1. The summed E-state index contributed by atoms with van der Waals surface area (Å²) in [7, 11) is 1.57. The van der Waals surface area contributed by atoms with Crippen LogP contribution in [0.2, 0.25) is 0 Å². The lowest BCUT2D eigenvalue weighted by atomic mass is 10.1. The standard InChI is InChI=1S/C8H12N2O/c1-5-3-4-6(11-2)8(10)7(5)9/h3-4H,9-10H2,1-2H3. The Bertz CT molecular complexity index is 271. The first-order chi connectivity index (χ1) is 5.16. The van der Waals surface area contributed by atoms with Gasteiger partial charge in [-0.25, -0.2) is 0 Å². The second-order valence-electron chi connectivity index (χ2n) is 2.41. The molecular weight excluding hydrogens is 140 g/mol. The number of nitrogens with two attached hydrogens (primary N) is 2. The van der Waals surface area contributed by atoms with Crippen molar-refractivity contribution >= 4 is 11.4 Å². The number of anilines is 2. The number of rotatable bonds is 1. The Morgan fingerprint density at radius 3 is 2.36 bits per heavy atom. The normalized spacial score (nSPS) is 9.64. The summed E-state index contributed by atoms with van der Waals surface area (Å²) >= 11 is 0. The first kappa shape index (κ1) is 7.72. The van der Waals surface area contributed by atoms with E-state index in [0.29, 0.717) is 17.1 Å². The van der Waals surface area contributed by atoms with E-state index < -0.39 is 0 Å². The third-order valence-corrected chi connectivity index (χ3v) is 1.69. The molecule has 1 aromatic rings. The van der Waals surface area contributed by atoms with Crippen LogP contribution in [0.25, 0.3) is 0 Å². The van der Waals surface area contributed by atoms with E-state index in [4.69, 9.17) is 16.2 Å². The van der Waals surface area contributed by atoms with Gasteiger partial charge in [-0.1, -0.05) is 6.07 Å². The molecule has 1 rings (SSSR count). The predicted octanol–water partition coefficient (Wildman–Crippen LogP) is 1.17. The number of benzene rings is 1. The van der Waals surface area contributed by atoms with Gasteiger partial charge < -0.3 is 16.2 Å². The fourth-order valence-electron chi connectivity index (χ4n) is 0.903. The van der Waals surface area contributed by atoms with E-state index in [1.807, 2.05) is 13.0 Å². The molecule has 0 amide bonds. The molecule has 0 bridgehead atoms. The van der Waals surface area contributed by atoms with E-state index >= 15 is 0 Å². The van der Waals surface area contributed by atoms with E-state index in [1.165, 1.54) is 0 Å². The molecule has 1 aromatic carbocycles. The Balaban J connectivity index is 3.25. The number of hydrogen-bond donors (Lipinski definition) is 2. The lowest BCUT2D eigenvalue weighted by molar-refractivity contribution is 0.417. The molecule has 4 N–H and O–H groups in total. The maximum absolute atomic E-state index is 5.65. The third-order valence-electron chi connectivity index (χ3n) is 1.69. The average Bonchev–Trinajstić information content (AvgIpc) is 2.01. The van der Waals surface area contributed by atoms with Gasteiger partial charge in [0.1, 0.15) is 5.75 Å². The van der Waals surface area contributed by atoms with Crippen LogP contribution >= 0.6 is 0 Å². The van der Waals surface area contributed by atoms with Gasteiger partial charge in [0.25, 0.3) is 0 Å². The molecule has 0 atom stereocenters. The molecule has 0 heterocycles. The van der Waals surface area contributed by atoms with Crippen molar-refractivity contribution in [1.29, 1.82) is 0 Å². The van der Waals surface area contributed by atoms with Crippen molar-refractivity contribution in [3.8, 4) is 5.75 Å². The van der Waals surface area contributed by atoms with Gasteiger partial charge in [-0.3, -0.25) is 0 Å². The minimum atomic E-state index is 0.521. The second kappa shape index (κ2) is 2.70. The van der Waals surface area contributed by atoms with Crippen molar-refractivity contribution < 1.29 is 4.74 Å². The maximum atomic E-state index is 5.65. The maximum Gasteiger partial charge on any atom is 0.143 e. The zero-order valence-electron chi connectivity index (χ0n) is 6.72. The van der Waals surface area contributed by atoms with Crippen LogP contribution in [-0.2, 0) is 0 Å². The van der Waals surface area contributed by atoms with Gasteiger partial charge in [-0.05, 0) is 18.6 Å². The van der Waals surface area contributed by atoms with Crippen molar-refractivity contribution in [1.82, 2.24) is 0 Å². The number of hydrogen-bond acceptors (Lipinski definition) is 3. The minimum Gasteiger partial charge on any atom is -0.495 e. The summed E-state index contributed by atoms with van der Waals surface area (Å²) in [4.78, 5) is 0. The van der Waals surface area contributed by atoms with Crippen LogP contribution in [0.5, 0.6) is 5.75 Å². The van der Waals surface area contributed by atoms with E-state index in [9.17, 15) is 0 Å². The molecule has 0 unspecified atom stereocenters. The molecule has 0 spiro atoms. The monoisotopic (exact) mass is 152 g/mol. The molecule has 0 aliphatic rings. The third kappa shape index (κ3) is 1.22. The smallest absolute Gasteiger partial charge is 0.143 e.